The fourth-order valence-electron chi connectivity index (χ4n) is 4.08. The quantitative estimate of drug-likeness (QED) is 0.382. The molecule has 1 saturated heterocycles. The fourth-order valence-corrected chi connectivity index (χ4v) is 4.08. The number of anilines is 2. The second-order valence-corrected chi connectivity index (χ2v) is 8.20. The maximum Gasteiger partial charge on any atom is 0.408 e. The Labute approximate surface area is 190 Å². The zero-order chi connectivity index (χ0) is 24.3. The minimum absolute atomic E-state index is 0.00389. The van der Waals surface area contributed by atoms with Gasteiger partial charge in [-0.2, -0.15) is 23.1 Å². The van der Waals surface area contributed by atoms with Gasteiger partial charge in [0.25, 0.3) is 0 Å². The second-order valence-electron chi connectivity index (χ2n) is 8.20. The third kappa shape index (κ3) is 3.61. The van der Waals surface area contributed by atoms with Crippen molar-refractivity contribution < 1.29 is 22.3 Å². The normalized spacial score (nSPS) is 18.7. The summed E-state index contributed by atoms with van der Waals surface area (Å²) >= 11 is 0. The molecule has 0 unspecified atom stereocenters. The van der Waals surface area contributed by atoms with E-state index < -0.39 is 24.1 Å². The van der Waals surface area contributed by atoms with Crippen molar-refractivity contribution >= 4 is 33.4 Å². The number of hydrogen-bond donors (Lipinski definition) is 3. The van der Waals surface area contributed by atoms with Gasteiger partial charge in [0, 0.05) is 25.5 Å². The van der Waals surface area contributed by atoms with Crippen molar-refractivity contribution in [3.8, 4) is 11.8 Å². The molecule has 5 rings (SSSR count). The first-order valence-electron chi connectivity index (χ1n) is 10.4. The lowest BCUT2D eigenvalue weighted by molar-refractivity contribution is -0.179. The molecule has 4 aromatic rings. The van der Waals surface area contributed by atoms with Gasteiger partial charge in [-0.1, -0.05) is 0 Å². The van der Waals surface area contributed by atoms with Crippen molar-refractivity contribution in [2.24, 2.45) is 5.73 Å². The summed E-state index contributed by atoms with van der Waals surface area (Å²) in [6.45, 7) is 1.19. The van der Waals surface area contributed by atoms with Gasteiger partial charge in [-0.25, -0.2) is 14.4 Å². The number of nitrogens with one attached hydrogen (secondary N) is 2. The molecule has 0 bridgehead atoms. The Balaban J connectivity index is 1.69. The van der Waals surface area contributed by atoms with Crippen molar-refractivity contribution in [1.82, 2.24) is 24.9 Å². The summed E-state index contributed by atoms with van der Waals surface area (Å²) in [6.07, 6.45) is -2.06. The van der Waals surface area contributed by atoms with E-state index in [0.717, 1.165) is 0 Å². The highest BCUT2D eigenvalue weighted by atomic mass is 19.4. The number of ether oxygens (including phenoxy) is 1. The van der Waals surface area contributed by atoms with Crippen LogP contribution in [0.4, 0.5) is 29.1 Å². The van der Waals surface area contributed by atoms with E-state index in [2.05, 4.69) is 30.2 Å². The number of halogens is 4. The number of aromatic nitrogens is 5. The highest BCUT2D eigenvalue weighted by molar-refractivity contribution is 6.14. The number of fused-ring (bicyclic) bond motifs is 3. The largest absolute Gasteiger partial charge is 0.421 e. The molecule has 0 aliphatic carbocycles. The highest BCUT2D eigenvalue weighted by Gasteiger charge is 2.55. The first-order valence-corrected chi connectivity index (χ1v) is 10.4. The average Bonchev–Trinajstić information content (AvgIpc) is 3.36. The second kappa shape index (κ2) is 7.65. The Hall–Kier alpha value is -3.74. The Morgan fingerprint density at radius 2 is 1.94 bits per heavy atom. The van der Waals surface area contributed by atoms with Crippen LogP contribution in [-0.2, 0) is 0 Å². The Morgan fingerprint density at radius 1 is 1.21 bits per heavy atom. The smallest absolute Gasteiger partial charge is 0.408 e. The number of alkyl halides is 3. The predicted molar refractivity (Wildman–Crippen MR) is 118 cm³/mol. The molecule has 13 heteroatoms. The maximum atomic E-state index is 14.4. The van der Waals surface area contributed by atoms with Gasteiger partial charge in [-0.15, -0.1) is 0 Å². The van der Waals surface area contributed by atoms with E-state index in [9.17, 15) is 17.6 Å². The van der Waals surface area contributed by atoms with Crippen LogP contribution in [0.2, 0.25) is 0 Å². The molecule has 1 fully saturated rings. The number of benzene rings is 1. The molecule has 9 nitrogen and oxygen atoms in total. The Kier molecular flexibility index (Phi) is 4.97. The van der Waals surface area contributed by atoms with Gasteiger partial charge in [0.15, 0.2) is 5.75 Å². The molecule has 178 valence electrons. The van der Waals surface area contributed by atoms with Crippen LogP contribution < -0.4 is 20.7 Å². The third-order valence-electron chi connectivity index (χ3n) is 5.89. The van der Waals surface area contributed by atoms with Crippen LogP contribution in [0.15, 0.2) is 24.5 Å². The molecule has 0 amide bonds. The van der Waals surface area contributed by atoms with E-state index in [1.165, 1.54) is 29.4 Å². The molecule has 4 heterocycles. The van der Waals surface area contributed by atoms with Gasteiger partial charge in [-0.05, 0) is 25.5 Å². The zero-order valence-electron chi connectivity index (χ0n) is 18.2. The maximum absolute atomic E-state index is 14.4. The zero-order valence-corrected chi connectivity index (χ0v) is 18.2. The van der Waals surface area contributed by atoms with E-state index in [1.54, 1.807) is 14.0 Å². The van der Waals surface area contributed by atoms with Gasteiger partial charge < -0.3 is 25.7 Å². The molecule has 1 aliphatic rings. The number of aryl methyl sites for hydroxylation is 1. The number of aromatic amines is 1. The molecule has 1 atom stereocenters. The van der Waals surface area contributed by atoms with Gasteiger partial charge in [0.2, 0.25) is 0 Å². The Morgan fingerprint density at radius 3 is 2.59 bits per heavy atom. The SMILES string of the molecule is CNc1cc(F)cc2c1[nH]c1nc(Oc3cnc(C)nc3)nc(N3CC[C@@](N)(C(F)(F)F)C3)c12. The highest BCUT2D eigenvalue weighted by Crippen LogP contribution is 2.42. The molecule has 34 heavy (non-hydrogen) atoms. The number of rotatable bonds is 4. The van der Waals surface area contributed by atoms with Crippen LogP contribution in [0.1, 0.15) is 12.2 Å². The van der Waals surface area contributed by atoms with Crippen molar-refractivity contribution in [1.29, 1.82) is 0 Å². The lowest BCUT2D eigenvalue weighted by atomic mass is 10.00. The molecule has 1 aliphatic heterocycles. The van der Waals surface area contributed by atoms with Gasteiger partial charge in [0.05, 0.1) is 29.0 Å². The van der Waals surface area contributed by atoms with Crippen molar-refractivity contribution in [3.05, 3.63) is 36.2 Å². The molecule has 1 aromatic carbocycles. The van der Waals surface area contributed by atoms with Crippen LogP contribution in [0.25, 0.3) is 21.9 Å². The minimum atomic E-state index is -4.60. The summed E-state index contributed by atoms with van der Waals surface area (Å²) in [6, 6.07) is 2.46. The van der Waals surface area contributed by atoms with Crippen LogP contribution in [0.5, 0.6) is 11.8 Å². The number of nitrogens with zero attached hydrogens (tertiary/aromatic N) is 5. The summed E-state index contributed by atoms with van der Waals surface area (Å²) in [5, 5.41) is 3.69. The molecular formula is C21H20F4N8O. The summed E-state index contributed by atoms with van der Waals surface area (Å²) in [7, 11) is 1.63. The number of nitrogens with two attached hydrogens (primary N) is 1. The number of H-pyrrole nitrogens is 1. The molecule has 0 radical (unpaired) electrons. The van der Waals surface area contributed by atoms with E-state index in [1.807, 2.05) is 0 Å². The minimum Gasteiger partial charge on any atom is -0.421 e. The average molecular weight is 476 g/mol. The predicted octanol–water partition coefficient (Wildman–Crippen LogP) is 3.65. The van der Waals surface area contributed by atoms with Crippen LogP contribution >= 0.6 is 0 Å². The monoisotopic (exact) mass is 476 g/mol. The standard InChI is InChI=1S/C21H20F4N8O/c1-10-28-7-12(8-29-10)34-19-31-17-15(13-5-11(22)6-14(27-2)16(13)30-17)18(32-19)33-4-3-20(26,9-33)21(23,24)25/h5-8,27H,3-4,9,26H2,1-2H3,(H,30,31,32)/t20-/m0/s1. The lowest BCUT2D eigenvalue weighted by Crippen LogP contribution is -2.55. The van der Waals surface area contributed by atoms with Crippen LogP contribution in [0.3, 0.4) is 0 Å². The first-order chi connectivity index (χ1) is 16.1. The van der Waals surface area contributed by atoms with E-state index in [0.29, 0.717) is 27.8 Å². The van der Waals surface area contributed by atoms with E-state index >= 15 is 0 Å². The number of hydrogen-bond acceptors (Lipinski definition) is 8. The third-order valence-corrected chi connectivity index (χ3v) is 5.89. The van der Waals surface area contributed by atoms with Crippen molar-refractivity contribution in [2.45, 2.75) is 25.1 Å². The van der Waals surface area contributed by atoms with Crippen LogP contribution in [0, 0.1) is 12.7 Å². The molecule has 3 aromatic heterocycles. The van der Waals surface area contributed by atoms with Crippen molar-refractivity contribution in [2.75, 3.05) is 30.4 Å². The lowest BCUT2D eigenvalue weighted by Gasteiger charge is -2.27. The summed E-state index contributed by atoms with van der Waals surface area (Å²) in [4.78, 5) is 21.4. The van der Waals surface area contributed by atoms with Gasteiger partial charge in [-0.3, -0.25) is 0 Å². The molecular weight excluding hydrogens is 456 g/mol. The fraction of sp³-hybridized carbons (Fsp3) is 0.333. The van der Waals surface area contributed by atoms with Crippen molar-refractivity contribution in [3.63, 3.8) is 0 Å². The summed E-state index contributed by atoms with van der Waals surface area (Å²) in [5.74, 6) is 0.415. The van der Waals surface area contributed by atoms with E-state index in [-0.39, 0.29) is 36.2 Å². The van der Waals surface area contributed by atoms with Crippen LogP contribution in [-0.4, -0.2) is 56.8 Å². The Bertz CT molecular complexity index is 1390. The first kappa shape index (κ1) is 22.1. The summed E-state index contributed by atoms with van der Waals surface area (Å²) in [5.41, 5.74) is 4.56. The topological polar surface area (TPSA) is 118 Å². The molecule has 0 saturated carbocycles. The van der Waals surface area contributed by atoms with E-state index in [4.69, 9.17) is 10.5 Å². The summed E-state index contributed by atoms with van der Waals surface area (Å²) < 4.78 is 60.9. The molecule has 0 spiro atoms. The molecule has 4 N–H and O–H groups in total. The van der Waals surface area contributed by atoms with Gasteiger partial charge in [0.1, 0.15) is 28.6 Å². The van der Waals surface area contributed by atoms with Gasteiger partial charge >= 0.3 is 12.2 Å².